The Bertz CT molecular complexity index is 651. The Hall–Kier alpha value is -2.02. The monoisotopic (exact) mass is 292 g/mol. The number of methoxy groups -OCH3 is 1. The lowest BCUT2D eigenvalue weighted by Crippen LogP contribution is -2.41. The molecule has 0 radical (unpaired) electrons. The number of carbonyl (C=O) groups excluding carboxylic acids is 1. The molecule has 3 rings (SSSR count). The standard InChI is InChI=1S/C13H16N4O2S/c1-19-9-5-7(14)6-10-11(9)16-13(20-10)17-12(18)15-8-3-2-4-8/h5-6,8H,2-4,14H2,1H3,(H2,15,16,17,18). The van der Waals surface area contributed by atoms with Crippen molar-refractivity contribution in [3.63, 3.8) is 0 Å². The second-order valence-corrected chi connectivity index (χ2v) is 5.85. The number of urea groups is 1. The molecule has 1 aromatic heterocycles. The molecule has 1 fully saturated rings. The predicted molar refractivity (Wildman–Crippen MR) is 80.4 cm³/mol. The Balaban J connectivity index is 1.79. The third kappa shape index (κ3) is 2.49. The number of thiazole rings is 1. The molecule has 1 heterocycles. The van der Waals surface area contributed by atoms with Crippen molar-refractivity contribution in [2.75, 3.05) is 18.2 Å². The van der Waals surface area contributed by atoms with E-state index in [-0.39, 0.29) is 6.03 Å². The number of nitrogens with one attached hydrogen (secondary N) is 2. The second-order valence-electron chi connectivity index (χ2n) is 4.82. The molecule has 0 unspecified atom stereocenters. The fourth-order valence-corrected chi connectivity index (χ4v) is 3.03. The van der Waals surface area contributed by atoms with E-state index in [0.29, 0.717) is 28.1 Å². The molecular formula is C13H16N4O2S. The summed E-state index contributed by atoms with van der Waals surface area (Å²) in [6.45, 7) is 0. The number of fused-ring (bicyclic) bond motifs is 1. The highest BCUT2D eigenvalue weighted by atomic mass is 32.1. The van der Waals surface area contributed by atoms with Crippen LogP contribution in [0.15, 0.2) is 12.1 Å². The van der Waals surface area contributed by atoms with Crippen LogP contribution in [0.3, 0.4) is 0 Å². The number of benzene rings is 1. The van der Waals surface area contributed by atoms with Crippen molar-refractivity contribution >= 4 is 38.4 Å². The molecule has 7 heteroatoms. The molecule has 0 bridgehead atoms. The fraction of sp³-hybridized carbons (Fsp3) is 0.385. The Morgan fingerprint density at radius 1 is 1.50 bits per heavy atom. The molecule has 0 spiro atoms. The van der Waals surface area contributed by atoms with Gasteiger partial charge in [-0.2, -0.15) is 0 Å². The van der Waals surface area contributed by atoms with Crippen LogP contribution in [0, 0.1) is 0 Å². The van der Waals surface area contributed by atoms with Gasteiger partial charge in [0, 0.05) is 17.8 Å². The normalized spacial score (nSPS) is 14.8. The Morgan fingerprint density at radius 2 is 2.30 bits per heavy atom. The van der Waals surface area contributed by atoms with Gasteiger partial charge < -0.3 is 15.8 Å². The third-order valence-corrected chi connectivity index (χ3v) is 4.28. The van der Waals surface area contributed by atoms with Gasteiger partial charge in [0.05, 0.1) is 11.8 Å². The first-order valence-electron chi connectivity index (χ1n) is 6.47. The molecule has 4 N–H and O–H groups in total. The highest BCUT2D eigenvalue weighted by Crippen LogP contribution is 2.34. The third-order valence-electron chi connectivity index (χ3n) is 3.36. The Labute approximate surface area is 120 Å². The van der Waals surface area contributed by atoms with Crippen molar-refractivity contribution in [3.8, 4) is 5.75 Å². The summed E-state index contributed by atoms with van der Waals surface area (Å²) in [6.07, 6.45) is 3.29. The van der Waals surface area contributed by atoms with Gasteiger partial charge in [0.25, 0.3) is 0 Å². The molecule has 1 aliphatic rings. The lowest BCUT2D eigenvalue weighted by Gasteiger charge is -2.26. The van der Waals surface area contributed by atoms with E-state index in [1.54, 1.807) is 13.2 Å². The zero-order valence-corrected chi connectivity index (χ0v) is 11.9. The Morgan fingerprint density at radius 3 is 2.95 bits per heavy atom. The van der Waals surface area contributed by atoms with E-state index in [1.165, 1.54) is 17.8 Å². The molecule has 1 saturated carbocycles. The first-order chi connectivity index (χ1) is 9.65. The molecule has 2 aromatic rings. The van der Waals surface area contributed by atoms with Gasteiger partial charge in [-0.1, -0.05) is 11.3 Å². The van der Waals surface area contributed by atoms with E-state index in [0.717, 1.165) is 17.5 Å². The van der Waals surface area contributed by atoms with Gasteiger partial charge in [-0.25, -0.2) is 9.78 Å². The molecule has 0 saturated heterocycles. The summed E-state index contributed by atoms with van der Waals surface area (Å²) in [6, 6.07) is 3.64. The maximum absolute atomic E-state index is 11.8. The van der Waals surface area contributed by atoms with Gasteiger partial charge in [-0.15, -0.1) is 0 Å². The van der Waals surface area contributed by atoms with E-state index in [1.807, 2.05) is 6.07 Å². The van der Waals surface area contributed by atoms with Gasteiger partial charge >= 0.3 is 6.03 Å². The average Bonchev–Trinajstić information content (AvgIpc) is 2.74. The number of nitrogen functional groups attached to an aromatic ring is 1. The van der Waals surface area contributed by atoms with Crippen LogP contribution in [0.1, 0.15) is 19.3 Å². The SMILES string of the molecule is COc1cc(N)cc2sc(NC(=O)NC3CCC3)nc12. The maximum atomic E-state index is 11.8. The van der Waals surface area contributed by atoms with Crippen LogP contribution in [-0.2, 0) is 0 Å². The quantitative estimate of drug-likeness (QED) is 0.758. The molecular weight excluding hydrogens is 276 g/mol. The number of hydrogen-bond donors (Lipinski definition) is 3. The van der Waals surface area contributed by atoms with Crippen LogP contribution in [0.5, 0.6) is 5.75 Å². The van der Waals surface area contributed by atoms with E-state index >= 15 is 0 Å². The van der Waals surface area contributed by atoms with Crippen LogP contribution < -0.4 is 21.1 Å². The predicted octanol–water partition coefficient (Wildman–Crippen LogP) is 2.56. The van der Waals surface area contributed by atoms with Crippen LogP contribution in [0.25, 0.3) is 10.2 Å². The van der Waals surface area contributed by atoms with Crippen molar-refractivity contribution < 1.29 is 9.53 Å². The summed E-state index contributed by atoms with van der Waals surface area (Å²) in [4.78, 5) is 16.2. The van der Waals surface area contributed by atoms with Crippen LogP contribution in [0.2, 0.25) is 0 Å². The van der Waals surface area contributed by atoms with E-state index in [4.69, 9.17) is 10.5 Å². The van der Waals surface area contributed by atoms with Gasteiger partial charge in [-0.05, 0) is 25.3 Å². The second kappa shape index (κ2) is 5.16. The molecule has 20 heavy (non-hydrogen) atoms. The highest BCUT2D eigenvalue weighted by molar-refractivity contribution is 7.22. The molecule has 2 amide bonds. The molecule has 1 aliphatic carbocycles. The Kier molecular flexibility index (Phi) is 3.35. The van der Waals surface area contributed by atoms with Crippen LogP contribution >= 0.6 is 11.3 Å². The van der Waals surface area contributed by atoms with Crippen molar-refractivity contribution in [2.24, 2.45) is 0 Å². The number of hydrogen-bond acceptors (Lipinski definition) is 5. The van der Waals surface area contributed by atoms with Gasteiger partial charge in [-0.3, -0.25) is 5.32 Å². The fourth-order valence-electron chi connectivity index (χ4n) is 2.10. The number of amides is 2. The molecule has 1 aromatic carbocycles. The smallest absolute Gasteiger partial charge is 0.321 e. The first kappa shape index (κ1) is 13.0. The minimum Gasteiger partial charge on any atom is -0.494 e. The topological polar surface area (TPSA) is 89.3 Å². The molecule has 6 nitrogen and oxygen atoms in total. The van der Waals surface area contributed by atoms with E-state index < -0.39 is 0 Å². The van der Waals surface area contributed by atoms with Gasteiger partial charge in [0.15, 0.2) is 5.13 Å². The number of nitrogens with two attached hydrogens (primary N) is 1. The molecule has 106 valence electrons. The summed E-state index contributed by atoms with van der Waals surface area (Å²) in [5.74, 6) is 0.615. The van der Waals surface area contributed by atoms with Crippen molar-refractivity contribution in [3.05, 3.63) is 12.1 Å². The van der Waals surface area contributed by atoms with Crippen LogP contribution in [-0.4, -0.2) is 24.2 Å². The summed E-state index contributed by atoms with van der Waals surface area (Å²) >= 11 is 1.38. The maximum Gasteiger partial charge on any atom is 0.321 e. The summed E-state index contributed by atoms with van der Waals surface area (Å²) in [5.41, 5.74) is 7.13. The number of carbonyl (C=O) groups is 1. The molecule has 0 atom stereocenters. The van der Waals surface area contributed by atoms with Crippen molar-refractivity contribution in [2.45, 2.75) is 25.3 Å². The highest BCUT2D eigenvalue weighted by Gasteiger charge is 2.20. The largest absolute Gasteiger partial charge is 0.494 e. The van der Waals surface area contributed by atoms with Crippen LogP contribution in [0.4, 0.5) is 15.6 Å². The number of rotatable bonds is 3. The van der Waals surface area contributed by atoms with Gasteiger partial charge in [0.2, 0.25) is 0 Å². The lowest BCUT2D eigenvalue weighted by molar-refractivity contribution is 0.240. The molecule has 0 aliphatic heterocycles. The number of aromatic nitrogens is 1. The van der Waals surface area contributed by atoms with E-state index in [9.17, 15) is 4.79 Å². The summed E-state index contributed by atoms with van der Waals surface area (Å²) in [7, 11) is 1.57. The van der Waals surface area contributed by atoms with Gasteiger partial charge in [0.1, 0.15) is 11.3 Å². The minimum absolute atomic E-state index is 0.208. The average molecular weight is 292 g/mol. The lowest BCUT2D eigenvalue weighted by atomic mass is 9.93. The van der Waals surface area contributed by atoms with Crippen molar-refractivity contribution in [1.82, 2.24) is 10.3 Å². The van der Waals surface area contributed by atoms with E-state index in [2.05, 4.69) is 15.6 Å². The number of anilines is 2. The van der Waals surface area contributed by atoms with Crippen molar-refractivity contribution in [1.29, 1.82) is 0 Å². The number of nitrogens with zero attached hydrogens (tertiary/aromatic N) is 1. The summed E-state index contributed by atoms with van der Waals surface area (Å²) in [5, 5.41) is 6.21. The minimum atomic E-state index is -0.208. The number of ether oxygens (including phenoxy) is 1. The zero-order valence-electron chi connectivity index (χ0n) is 11.1. The summed E-state index contributed by atoms with van der Waals surface area (Å²) < 4.78 is 6.14. The first-order valence-corrected chi connectivity index (χ1v) is 7.29. The zero-order chi connectivity index (χ0) is 14.1.